The van der Waals surface area contributed by atoms with Crippen LogP contribution in [-0.4, -0.2) is 10.2 Å². The topological polar surface area (TPSA) is 25.8 Å². The van der Waals surface area contributed by atoms with Gasteiger partial charge in [-0.1, -0.05) is 46.1 Å². The lowest BCUT2D eigenvalue weighted by atomic mass is 10.8. The molecule has 0 amide bonds. The summed E-state index contributed by atoms with van der Waals surface area (Å²) in [6.45, 7) is 1.80. The minimum atomic E-state index is -1.42. The lowest BCUT2D eigenvalue weighted by molar-refractivity contribution is 0.983. The molecule has 1 aromatic rings. The first-order valence-electron chi connectivity index (χ1n) is 2.37. The van der Waals surface area contributed by atoms with E-state index in [-0.39, 0.29) is 0 Å². The van der Waals surface area contributed by atoms with E-state index >= 15 is 0 Å². The van der Waals surface area contributed by atoms with E-state index in [4.69, 9.17) is 34.8 Å². The molecular formula is C4H3Cl3N2S. The molecule has 0 aliphatic heterocycles. The van der Waals surface area contributed by atoms with Crippen LogP contribution in [-0.2, 0) is 3.79 Å². The molecule has 0 saturated heterocycles. The first-order chi connectivity index (χ1) is 4.50. The van der Waals surface area contributed by atoms with Crippen molar-refractivity contribution in [2.45, 2.75) is 10.7 Å². The summed E-state index contributed by atoms with van der Waals surface area (Å²) in [6.07, 6.45) is 0. The molecule has 0 aliphatic rings. The first-order valence-corrected chi connectivity index (χ1v) is 4.32. The van der Waals surface area contributed by atoms with E-state index in [9.17, 15) is 0 Å². The van der Waals surface area contributed by atoms with Gasteiger partial charge in [0.25, 0.3) is 0 Å². The largest absolute Gasteiger partial charge is 0.243 e. The Bertz CT molecular complexity index is 229. The lowest BCUT2D eigenvalue weighted by Crippen LogP contribution is -1.98. The fourth-order valence-corrected chi connectivity index (χ4v) is 1.43. The highest BCUT2D eigenvalue weighted by atomic mass is 35.6. The number of hydrogen-bond donors (Lipinski definition) is 0. The molecule has 0 radical (unpaired) electrons. The molecule has 0 bridgehead atoms. The van der Waals surface area contributed by atoms with E-state index in [0.29, 0.717) is 5.01 Å². The van der Waals surface area contributed by atoms with E-state index in [1.54, 1.807) is 6.92 Å². The smallest absolute Gasteiger partial charge is 0.144 e. The SMILES string of the molecule is Cc1nnc(C(Cl)(Cl)Cl)s1. The van der Waals surface area contributed by atoms with Crippen molar-refractivity contribution in [3.63, 3.8) is 0 Å². The van der Waals surface area contributed by atoms with E-state index in [1.165, 1.54) is 11.3 Å². The van der Waals surface area contributed by atoms with Crippen LogP contribution < -0.4 is 0 Å². The van der Waals surface area contributed by atoms with Crippen molar-refractivity contribution in [2.75, 3.05) is 0 Å². The summed E-state index contributed by atoms with van der Waals surface area (Å²) < 4.78 is -1.42. The van der Waals surface area contributed by atoms with Crippen molar-refractivity contribution in [1.29, 1.82) is 0 Å². The Morgan fingerprint density at radius 2 is 1.90 bits per heavy atom. The second kappa shape index (κ2) is 2.81. The Hall–Kier alpha value is 0.430. The molecule has 56 valence electrons. The molecule has 0 unspecified atom stereocenters. The van der Waals surface area contributed by atoms with Gasteiger partial charge < -0.3 is 0 Å². The molecule has 1 aromatic heterocycles. The Morgan fingerprint density at radius 3 is 2.10 bits per heavy atom. The monoisotopic (exact) mass is 216 g/mol. The summed E-state index contributed by atoms with van der Waals surface area (Å²) in [7, 11) is 0. The van der Waals surface area contributed by atoms with Gasteiger partial charge >= 0.3 is 0 Å². The van der Waals surface area contributed by atoms with Crippen LogP contribution in [0.3, 0.4) is 0 Å². The molecule has 0 fully saturated rings. The fraction of sp³-hybridized carbons (Fsp3) is 0.500. The van der Waals surface area contributed by atoms with Crippen LogP contribution in [0.1, 0.15) is 10.0 Å². The third-order valence-corrected chi connectivity index (χ3v) is 2.60. The maximum absolute atomic E-state index is 5.51. The number of aryl methyl sites for hydroxylation is 1. The standard InChI is InChI=1S/C4H3Cl3N2S/c1-2-8-9-3(10-2)4(5,6)7/h1H3. The number of halogens is 3. The van der Waals surface area contributed by atoms with Gasteiger partial charge in [-0.15, -0.1) is 10.2 Å². The van der Waals surface area contributed by atoms with Gasteiger partial charge in [0.15, 0.2) is 5.01 Å². The number of hydrogen-bond acceptors (Lipinski definition) is 3. The number of aromatic nitrogens is 2. The highest BCUT2D eigenvalue weighted by Crippen LogP contribution is 2.39. The normalized spacial score (nSPS) is 12.0. The van der Waals surface area contributed by atoms with Gasteiger partial charge in [-0.25, -0.2) is 0 Å². The highest BCUT2D eigenvalue weighted by Gasteiger charge is 2.27. The van der Waals surface area contributed by atoms with E-state index in [2.05, 4.69) is 10.2 Å². The molecule has 0 aliphatic carbocycles. The van der Waals surface area contributed by atoms with Gasteiger partial charge in [0, 0.05) is 0 Å². The van der Waals surface area contributed by atoms with Gasteiger partial charge in [-0.2, -0.15) is 0 Å². The summed E-state index contributed by atoms with van der Waals surface area (Å²) in [4.78, 5) is 0. The van der Waals surface area contributed by atoms with E-state index < -0.39 is 3.79 Å². The predicted molar refractivity (Wildman–Crippen MR) is 43.9 cm³/mol. The third-order valence-electron chi connectivity index (χ3n) is 0.769. The Morgan fingerprint density at radius 1 is 1.30 bits per heavy atom. The van der Waals surface area contributed by atoms with Crippen LogP contribution in [0.4, 0.5) is 0 Å². The zero-order chi connectivity index (χ0) is 7.78. The van der Waals surface area contributed by atoms with Crippen molar-refractivity contribution >= 4 is 46.1 Å². The molecule has 0 saturated carbocycles. The lowest BCUT2D eigenvalue weighted by Gasteiger charge is -2.02. The maximum Gasteiger partial charge on any atom is 0.243 e. The maximum atomic E-state index is 5.51. The van der Waals surface area contributed by atoms with E-state index in [1.807, 2.05) is 0 Å². The minimum absolute atomic E-state index is 0.412. The average Bonchev–Trinajstić information content (AvgIpc) is 2.11. The Kier molecular flexibility index (Phi) is 2.40. The number of alkyl halides is 3. The summed E-state index contributed by atoms with van der Waals surface area (Å²) in [5, 5.41) is 8.56. The summed E-state index contributed by atoms with van der Waals surface area (Å²) in [5.41, 5.74) is 0. The van der Waals surface area contributed by atoms with Gasteiger partial charge in [0.05, 0.1) is 0 Å². The second-order valence-corrected chi connectivity index (χ2v) is 5.09. The molecule has 0 atom stereocenters. The van der Waals surface area contributed by atoms with Gasteiger partial charge in [0.1, 0.15) is 5.01 Å². The van der Waals surface area contributed by atoms with Crippen LogP contribution >= 0.6 is 46.1 Å². The van der Waals surface area contributed by atoms with Gasteiger partial charge in [-0.05, 0) is 6.92 Å². The van der Waals surface area contributed by atoms with Crippen molar-refractivity contribution in [3.05, 3.63) is 10.0 Å². The quantitative estimate of drug-likeness (QED) is 0.625. The molecule has 6 heteroatoms. The molecule has 1 heterocycles. The average molecular weight is 218 g/mol. The third kappa shape index (κ3) is 1.95. The molecular weight excluding hydrogens is 214 g/mol. The summed E-state index contributed by atoms with van der Waals surface area (Å²) in [5.74, 6) is 0. The Labute approximate surface area is 77.1 Å². The molecule has 0 aromatic carbocycles. The Balaban J connectivity index is 2.96. The molecule has 0 spiro atoms. The van der Waals surface area contributed by atoms with Crippen LogP contribution in [0.5, 0.6) is 0 Å². The first kappa shape index (κ1) is 8.53. The van der Waals surface area contributed by atoms with Crippen LogP contribution in [0.15, 0.2) is 0 Å². The zero-order valence-electron chi connectivity index (χ0n) is 4.94. The highest BCUT2D eigenvalue weighted by molar-refractivity contribution is 7.12. The van der Waals surface area contributed by atoms with Crippen molar-refractivity contribution in [1.82, 2.24) is 10.2 Å². The predicted octanol–water partition coefficient (Wildman–Crippen LogP) is 2.67. The van der Waals surface area contributed by atoms with Gasteiger partial charge in [-0.3, -0.25) is 0 Å². The van der Waals surface area contributed by atoms with Crippen LogP contribution in [0, 0.1) is 6.92 Å². The number of rotatable bonds is 0. The van der Waals surface area contributed by atoms with Crippen LogP contribution in [0.2, 0.25) is 0 Å². The molecule has 10 heavy (non-hydrogen) atoms. The number of nitrogens with zero attached hydrogens (tertiary/aromatic N) is 2. The molecule has 2 nitrogen and oxygen atoms in total. The van der Waals surface area contributed by atoms with Crippen molar-refractivity contribution in [2.24, 2.45) is 0 Å². The molecule has 1 rings (SSSR count). The summed E-state index contributed by atoms with van der Waals surface area (Å²) in [6, 6.07) is 0. The minimum Gasteiger partial charge on any atom is -0.144 e. The fourth-order valence-electron chi connectivity index (χ4n) is 0.411. The van der Waals surface area contributed by atoms with Crippen LogP contribution in [0.25, 0.3) is 0 Å². The van der Waals surface area contributed by atoms with Gasteiger partial charge in [0.2, 0.25) is 3.79 Å². The second-order valence-electron chi connectivity index (χ2n) is 1.62. The zero-order valence-corrected chi connectivity index (χ0v) is 8.02. The summed E-state index contributed by atoms with van der Waals surface area (Å²) >= 11 is 17.8. The van der Waals surface area contributed by atoms with Crippen molar-refractivity contribution < 1.29 is 0 Å². The molecule has 0 N–H and O–H groups in total. The van der Waals surface area contributed by atoms with E-state index in [0.717, 1.165) is 5.01 Å². The van der Waals surface area contributed by atoms with Crippen molar-refractivity contribution in [3.8, 4) is 0 Å².